The van der Waals surface area contributed by atoms with Gasteiger partial charge in [-0.05, 0) is 18.9 Å². The van der Waals surface area contributed by atoms with Crippen LogP contribution in [0.3, 0.4) is 0 Å². The van der Waals surface area contributed by atoms with E-state index in [0.717, 1.165) is 31.0 Å². The highest BCUT2D eigenvalue weighted by Crippen LogP contribution is 2.28. The Kier molecular flexibility index (Phi) is 8.68. The van der Waals surface area contributed by atoms with Crippen LogP contribution >= 0.6 is 0 Å². The molecule has 2 aromatic heterocycles. The summed E-state index contributed by atoms with van der Waals surface area (Å²) < 4.78 is 11.9. The molecule has 0 atom stereocenters. The minimum absolute atomic E-state index is 0.00293. The molecular weight excluding hydrogens is 378 g/mol. The van der Waals surface area contributed by atoms with Gasteiger partial charge in [-0.1, -0.05) is 0 Å². The van der Waals surface area contributed by atoms with Gasteiger partial charge in [0.1, 0.15) is 11.4 Å². The third-order valence-corrected chi connectivity index (χ3v) is 4.80. The van der Waals surface area contributed by atoms with E-state index in [-0.39, 0.29) is 12.4 Å². The highest BCUT2D eigenvalue weighted by Gasteiger charge is 2.41. The van der Waals surface area contributed by atoms with E-state index in [2.05, 4.69) is 20.6 Å². The summed E-state index contributed by atoms with van der Waals surface area (Å²) in [6.07, 6.45) is 6.74. The first-order chi connectivity index (χ1) is 14.0. The summed E-state index contributed by atoms with van der Waals surface area (Å²) in [5, 5.41) is 17.7. The number of carbonyl (C=O) groups excluding carboxylic acids is 1. The maximum absolute atomic E-state index is 12.9. The van der Waals surface area contributed by atoms with Crippen LogP contribution in [0.5, 0.6) is 0 Å². The molecule has 1 aliphatic rings. The second-order valence-electron chi connectivity index (χ2n) is 6.84. The average Bonchev–Trinajstić information content (AvgIpc) is 3.36. The Morgan fingerprint density at radius 1 is 1.41 bits per heavy atom. The van der Waals surface area contributed by atoms with Crippen molar-refractivity contribution >= 4 is 18.2 Å². The number of aromatic nitrogens is 2. The number of hydrogen-bond donors (Lipinski definition) is 3. The second-order valence-corrected chi connectivity index (χ2v) is 6.84. The Balaban J connectivity index is 0.000000941. The number of carbonyl (C=O) groups is 2. The molecule has 0 bridgehead atoms. The van der Waals surface area contributed by atoms with Crippen molar-refractivity contribution in [2.24, 2.45) is 7.05 Å². The van der Waals surface area contributed by atoms with Crippen molar-refractivity contribution in [1.29, 1.82) is 0 Å². The van der Waals surface area contributed by atoms with Crippen molar-refractivity contribution in [3.8, 4) is 0 Å². The molecule has 1 aliphatic heterocycles. The maximum atomic E-state index is 12.9. The van der Waals surface area contributed by atoms with Crippen molar-refractivity contribution in [3.63, 3.8) is 0 Å². The van der Waals surface area contributed by atoms with Crippen LogP contribution in [-0.2, 0) is 27.9 Å². The van der Waals surface area contributed by atoms with Crippen molar-refractivity contribution < 1.29 is 23.8 Å². The smallest absolute Gasteiger partial charge is 0.290 e. The molecule has 0 aromatic carbocycles. The number of ether oxygens (including phenoxy) is 1. The van der Waals surface area contributed by atoms with Crippen molar-refractivity contribution in [3.05, 3.63) is 36.4 Å². The van der Waals surface area contributed by atoms with Gasteiger partial charge in [0, 0.05) is 58.2 Å². The number of rotatable bonds is 8. The number of nitrogens with one attached hydrogen (secondary N) is 2. The number of aryl methyl sites for hydroxylation is 1. The molecule has 0 saturated carbocycles. The van der Waals surface area contributed by atoms with E-state index >= 15 is 0 Å². The van der Waals surface area contributed by atoms with Gasteiger partial charge in [0.2, 0.25) is 5.91 Å². The normalized spacial score (nSPS) is 15.8. The first-order valence-corrected chi connectivity index (χ1v) is 9.39. The van der Waals surface area contributed by atoms with Crippen LogP contribution in [0.1, 0.15) is 18.4 Å². The van der Waals surface area contributed by atoms with E-state index in [0.29, 0.717) is 26.0 Å². The van der Waals surface area contributed by atoms with Crippen LogP contribution in [0, 0.1) is 0 Å². The number of likely N-dealkylation sites (tertiary alicyclic amines) is 1. The first-order valence-electron chi connectivity index (χ1n) is 9.39. The number of carboxylic acid groups (broad SMARTS) is 1. The topological polar surface area (TPSA) is 122 Å². The Morgan fingerprint density at radius 3 is 2.69 bits per heavy atom. The lowest BCUT2D eigenvalue weighted by molar-refractivity contribution is -0.127. The van der Waals surface area contributed by atoms with Gasteiger partial charge in [-0.3, -0.25) is 19.2 Å². The van der Waals surface area contributed by atoms with E-state index in [1.165, 1.54) is 0 Å². The van der Waals surface area contributed by atoms with Crippen LogP contribution in [-0.4, -0.2) is 71.1 Å². The first kappa shape index (κ1) is 22.4. The molecule has 3 N–H and O–H groups in total. The van der Waals surface area contributed by atoms with Gasteiger partial charge >= 0.3 is 0 Å². The third kappa shape index (κ3) is 6.61. The fraction of sp³-hybridized carbons (Fsp3) is 0.526. The molecule has 0 radical (unpaired) electrons. The Hall–Kier alpha value is -2.85. The van der Waals surface area contributed by atoms with Gasteiger partial charge < -0.3 is 24.9 Å². The van der Waals surface area contributed by atoms with Gasteiger partial charge in [0.25, 0.3) is 6.47 Å². The zero-order chi connectivity index (χ0) is 21.1. The second kappa shape index (κ2) is 11.2. The molecule has 1 saturated heterocycles. The number of piperidine rings is 1. The lowest BCUT2D eigenvalue weighted by Gasteiger charge is -2.41. The number of nitrogens with zero attached hydrogens (tertiary/aromatic N) is 3. The van der Waals surface area contributed by atoms with Crippen LogP contribution in [0.15, 0.2) is 35.3 Å². The number of furan rings is 1. The van der Waals surface area contributed by atoms with Gasteiger partial charge in [-0.15, -0.1) is 0 Å². The molecular formula is C19H29N5O5. The fourth-order valence-electron chi connectivity index (χ4n) is 3.31. The summed E-state index contributed by atoms with van der Waals surface area (Å²) in [6.45, 7) is 3.23. The van der Waals surface area contributed by atoms with E-state index in [1.807, 2.05) is 25.4 Å². The summed E-state index contributed by atoms with van der Waals surface area (Å²) in [6, 6.07) is 3.87. The van der Waals surface area contributed by atoms with Gasteiger partial charge in [0.05, 0.1) is 19.1 Å². The molecule has 29 heavy (non-hydrogen) atoms. The molecule has 2 aromatic rings. The largest absolute Gasteiger partial charge is 0.483 e. The number of anilines is 1. The standard InChI is InChI=1S/C18H27N5O3.CH2O2/c1-22-8-3-16(21-22)20-18(17(24)19-7-12-25-2)5-9-23(10-6-18)13-15-4-11-26-14-15;2-1-3/h3-4,8,11,14H,5-7,9-10,12-13H2,1-2H3,(H,19,24)(H,20,21);1H,(H,2,3). The number of hydrogen-bond acceptors (Lipinski definition) is 7. The van der Waals surface area contributed by atoms with Gasteiger partial charge in [-0.2, -0.15) is 5.10 Å². The molecule has 10 nitrogen and oxygen atoms in total. The van der Waals surface area contributed by atoms with Crippen LogP contribution in [0.25, 0.3) is 0 Å². The van der Waals surface area contributed by atoms with Crippen molar-refractivity contribution in [1.82, 2.24) is 20.0 Å². The Bertz CT molecular complexity index is 738. The summed E-state index contributed by atoms with van der Waals surface area (Å²) in [4.78, 5) is 23.6. The van der Waals surface area contributed by atoms with Crippen molar-refractivity contribution in [2.45, 2.75) is 24.9 Å². The zero-order valence-corrected chi connectivity index (χ0v) is 16.8. The summed E-state index contributed by atoms with van der Waals surface area (Å²) in [7, 11) is 3.49. The molecule has 1 amide bonds. The monoisotopic (exact) mass is 407 g/mol. The highest BCUT2D eigenvalue weighted by atomic mass is 16.5. The lowest BCUT2D eigenvalue weighted by Crippen LogP contribution is -2.58. The minimum atomic E-state index is -0.658. The molecule has 1 fully saturated rings. The third-order valence-electron chi connectivity index (χ3n) is 4.80. The molecule has 0 unspecified atom stereocenters. The Morgan fingerprint density at radius 2 is 2.14 bits per heavy atom. The fourth-order valence-corrected chi connectivity index (χ4v) is 3.31. The number of amides is 1. The van der Waals surface area contributed by atoms with Gasteiger partial charge in [-0.25, -0.2) is 0 Å². The molecule has 3 heterocycles. The number of methoxy groups -OCH3 is 1. The average molecular weight is 407 g/mol. The summed E-state index contributed by atoms with van der Waals surface area (Å²) >= 11 is 0. The van der Waals surface area contributed by atoms with Crippen LogP contribution < -0.4 is 10.6 Å². The van der Waals surface area contributed by atoms with E-state index in [9.17, 15) is 4.79 Å². The van der Waals surface area contributed by atoms with E-state index in [1.54, 1.807) is 24.3 Å². The summed E-state index contributed by atoms with van der Waals surface area (Å²) in [5.74, 6) is 0.723. The van der Waals surface area contributed by atoms with Crippen molar-refractivity contribution in [2.75, 3.05) is 38.7 Å². The molecule has 0 aliphatic carbocycles. The molecule has 3 rings (SSSR count). The van der Waals surface area contributed by atoms with Crippen LogP contribution in [0.2, 0.25) is 0 Å². The van der Waals surface area contributed by atoms with Gasteiger partial charge in [0.15, 0.2) is 0 Å². The quantitative estimate of drug-likeness (QED) is 0.436. The SMILES string of the molecule is COCCNC(=O)C1(Nc2ccn(C)n2)CCN(Cc2ccoc2)CC1.O=CO. The lowest BCUT2D eigenvalue weighted by atomic mass is 9.86. The zero-order valence-electron chi connectivity index (χ0n) is 16.8. The van der Waals surface area contributed by atoms with Crippen LogP contribution in [0.4, 0.5) is 5.82 Å². The van der Waals surface area contributed by atoms with E-state index in [4.69, 9.17) is 19.1 Å². The van der Waals surface area contributed by atoms with E-state index < -0.39 is 5.54 Å². The molecule has 160 valence electrons. The highest BCUT2D eigenvalue weighted by molar-refractivity contribution is 5.89. The predicted octanol–water partition coefficient (Wildman–Crippen LogP) is 0.923. The maximum Gasteiger partial charge on any atom is 0.290 e. The molecule has 0 spiro atoms. The Labute approximate surface area is 169 Å². The summed E-state index contributed by atoms with van der Waals surface area (Å²) in [5.41, 5.74) is 0.495. The molecule has 10 heteroatoms. The predicted molar refractivity (Wildman–Crippen MR) is 106 cm³/mol. The minimum Gasteiger partial charge on any atom is -0.483 e.